The van der Waals surface area contributed by atoms with Crippen molar-refractivity contribution in [1.29, 1.82) is 0 Å². The molecule has 0 saturated carbocycles. The van der Waals surface area contributed by atoms with Crippen LogP contribution in [0.5, 0.6) is 5.75 Å². The third kappa shape index (κ3) is 5.27. The molecule has 2 heterocycles. The summed E-state index contributed by atoms with van der Waals surface area (Å²) in [5.41, 5.74) is 1.67. The van der Waals surface area contributed by atoms with Crippen LogP contribution in [0.4, 0.5) is 4.79 Å². The lowest BCUT2D eigenvalue weighted by atomic mass is 9.93. The van der Waals surface area contributed by atoms with Crippen LogP contribution >= 0.6 is 23.2 Å². The predicted octanol–water partition coefficient (Wildman–Crippen LogP) is 4.78. The molecule has 1 N–H and O–H groups in total. The van der Waals surface area contributed by atoms with Gasteiger partial charge in [-0.25, -0.2) is 4.79 Å². The second-order valence-corrected chi connectivity index (χ2v) is 9.52. The number of rotatable bonds is 5. The van der Waals surface area contributed by atoms with E-state index in [1.165, 1.54) is 12.0 Å². The first-order valence-electron chi connectivity index (χ1n) is 10.2. The Kier molecular flexibility index (Phi) is 7.20. The quantitative estimate of drug-likeness (QED) is 0.667. The number of methoxy groups -OCH3 is 1. The largest absolute Gasteiger partial charge is 0.496 e. The van der Waals surface area contributed by atoms with Crippen molar-refractivity contribution in [3.63, 3.8) is 0 Å². The molecule has 0 radical (unpaired) electrons. The van der Waals surface area contributed by atoms with Crippen LogP contribution in [0.3, 0.4) is 0 Å². The smallest absolute Gasteiger partial charge is 0.410 e. The molecule has 32 heavy (non-hydrogen) atoms. The SMILES string of the molecule is COc1ccc(Cl)c(Cl)c1C(NC(=O)C1CN(C(=O)OC(C)(C)C)C1)c1ccncc1C. The van der Waals surface area contributed by atoms with Crippen LogP contribution in [0.15, 0.2) is 30.6 Å². The van der Waals surface area contributed by atoms with Gasteiger partial charge in [0.05, 0.1) is 29.1 Å². The molecule has 1 aliphatic rings. The molecule has 1 unspecified atom stereocenters. The Hall–Kier alpha value is -2.51. The zero-order chi connectivity index (χ0) is 23.6. The van der Waals surface area contributed by atoms with Gasteiger partial charge >= 0.3 is 6.09 Å². The van der Waals surface area contributed by atoms with Crippen molar-refractivity contribution >= 4 is 35.2 Å². The molecule has 1 aromatic heterocycles. The van der Waals surface area contributed by atoms with Gasteiger partial charge in [-0.1, -0.05) is 23.2 Å². The molecule has 1 atom stereocenters. The minimum Gasteiger partial charge on any atom is -0.496 e. The maximum Gasteiger partial charge on any atom is 0.410 e. The van der Waals surface area contributed by atoms with Gasteiger partial charge in [-0.2, -0.15) is 0 Å². The average molecular weight is 480 g/mol. The van der Waals surface area contributed by atoms with Gasteiger partial charge < -0.3 is 19.7 Å². The van der Waals surface area contributed by atoms with E-state index in [9.17, 15) is 9.59 Å². The Labute approximate surface area is 198 Å². The summed E-state index contributed by atoms with van der Waals surface area (Å²) >= 11 is 12.9. The molecule has 7 nitrogen and oxygen atoms in total. The molecule has 1 fully saturated rings. The number of carbonyl (C=O) groups is 2. The number of halogens is 2. The molecule has 1 saturated heterocycles. The van der Waals surface area contributed by atoms with E-state index in [4.69, 9.17) is 32.7 Å². The number of pyridine rings is 1. The van der Waals surface area contributed by atoms with Crippen molar-refractivity contribution in [3.8, 4) is 5.75 Å². The molecule has 172 valence electrons. The number of likely N-dealkylation sites (tertiary alicyclic amines) is 1. The summed E-state index contributed by atoms with van der Waals surface area (Å²) in [5.74, 6) is -0.0647. The van der Waals surface area contributed by atoms with E-state index in [0.717, 1.165) is 11.1 Å². The number of aryl methyl sites for hydroxylation is 1. The number of ether oxygens (including phenoxy) is 2. The molecular formula is C23H27Cl2N3O4. The first-order valence-corrected chi connectivity index (χ1v) is 11.0. The Balaban J connectivity index is 1.85. The van der Waals surface area contributed by atoms with Gasteiger partial charge in [-0.3, -0.25) is 9.78 Å². The maximum absolute atomic E-state index is 13.1. The molecule has 9 heteroatoms. The minimum atomic E-state index is -0.609. The normalized spacial score (nSPS) is 15.0. The van der Waals surface area contributed by atoms with Crippen molar-refractivity contribution in [1.82, 2.24) is 15.2 Å². The summed E-state index contributed by atoms with van der Waals surface area (Å²) in [7, 11) is 1.53. The molecule has 1 aliphatic heterocycles. The maximum atomic E-state index is 13.1. The van der Waals surface area contributed by atoms with E-state index < -0.39 is 17.7 Å². The first-order chi connectivity index (χ1) is 15.0. The summed E-state index contributed by atoms with van der Waals surface area (Å²) < 4.78 is 10.9. The van der Waals surface area contributed by atoms with E-state index in [1.54, 1.807) is 45.3 Å². The third-order valence-corrected chi connectivity index (χ3v) is 5.99. The molecule has 0 spiro atoms. The van der Waals surface area contributed by atoms with Crippen molar-refractivity contribution in [2.24, 2.45) is 5.92 Å². The first kappa shape index (κ1) is 24.1. The Bertz CT molecular complexity index is 1020. The summed E-state index contributed by atoms with van der Waals surface area (Å²) in [6.07, 6.45) is 2.94. The fourth-order valence-electron chi connectivity index (χ4n) is 3.49. The van der Waals surface area contributed by atoms with Crippen molar-refractivity contribution < 1.29 is 19.1 Å². The monoisotopic (exact) mass is 479 g/mol. The molecular weight excluding hydrogens is 453 g/mol. The average Bonchev–Trinajstić information content (AvgIpc) is 2.66. The molecule has 0 aliphatic carbocycles. The molecule has 0 bridgehead atoms. The van der Waals surface area contributed by atoms with Gasteiger partial charge in [0.15, 0.2) is 0 Å². The van der Waals surface area contributed by atoms with Gasteiger partial charge in [0.25, 0.3) is 0 Å². The van der Waals surface area contributed by atoms with Crippen LogP contribution in [0.25, 0.3) is 0 Å². The second-order valence-electron chi connectivity index (χ2n) is 8.73. The Morgan fingerprint density at radius 2 is 1.91 bits per heavy atom. The highest BCUT2D eigenvalue weighted by Gasteiger charge is 2.39. The fraction of sp³-hybridized carbons (Fsp3) is 0.435. The lowest BCUT2D eigenvalue weighted by molar-refractivity contribution is -0.130. The highest BCUT2D eigenvalue weighted by atomic mass is 35.5. The highest BCUT2D eigenvalue weighted by molar-refractivity contribution is 6.42. The molecule has 1 aromatic carbocycles. The minimum absolute atomic E-state index is 0.205. The van der Waals surface area contributed by atoms with Gasteiger partial charge in [-0.05, 0) is 57.0 Å². The van der Waals surface area contributed by atoms with Gasteiger partial charge in [0.1, 0.15) is 11.4 Å². The Morgan fingerprint density at radius 3 is 2.50 bits per heavy atom. The zero-order valence-electron chi connectivity index (χ0n) is 18.7. The van der Waals surface area contributed by atoms with Crippen molar-refractivity contribution in [2.75, 3.05) is 20.2 Å². The van der Waals surface area contributed by atoms with Crippen molar-refractivity contribution in [3.05, 3.63) is 57.3 Å². The number of nitrogens with zero attached hydrogens (tertiary/aromatic N) is 2. The fourth-order valence-corrected chi connectivity index (χ4v) is 3.92. The van der Waals surface area contributed by atoms with Crippen LogP contribution in [-0.2, 0) is 9.53 Å². The van der Waals surface area contributed by atoms with E-state index in [2.05, 4.69) is 10.3 Å². The number of hydrogen-bond acceptors (Lipinski definition) is 5. The summed E-state index contributed by atoms with van der Waals surface area (Å²) in [5, 5.41) is 3.73. The second kappa shape index (κ2) is 9.55. The van der Waals surface area contributed by atoms with E-state index >= 15 is 0 Å². The van der Waals surface area contributed by atoms with E-state index in [1.807, 2.05) is 13.0 Å². The topological polar surface area (TPSA) is 80.8 Å². The van der Waals surface area contributed by atoms with Crippen LogP contribution in [-0.4, -0.2) is 47.7 Å². The number of nitrogens with one attached hydrogen (secondary N) is 1. The number of amides is 2. The number of aromatic nitrogens is 1. The lowest BCUT2D eigenvalue weighted by Gasteiger charge is -2.39. The van der Waals surface area contributed by atoms with Crippen molar-refractivity contribution in [2.45, 2.75) is 39.3 Å². The summed E-state index contributed by atoms with van der Waals surface area (Å²) in [6.45, 7) is 7.88. The zero-order valence-corrected chi connectivity index (χ0v) is 20.3. The van der Waals surface area contributed by atoms with Gasteiger partial charge in [0, 0.05) is 31.0 Å². The molecule has 2 amide bonds. The predicted molar refractivity (Wildman–Crippen MR) is 123 cm³/mol. The lowest BCUT2D eigenvalue weighted by Crippen LogP contribution is -2.57. The highest BCUT2D eigenvalue weighted by Crippen LogP contribution is 2.40. The molecule has 3 rings (SSSR count). The number of carbonyl (C=O) groups excluding carboxylic acids is 2. The summed E-state index contributed by atoms with van der Waals surface area (Å²) in [6, 6.07) is 4.58. The van der Waals surface area contributed by atoms with Crippen LogP contribution < -0.4 is 10.1 Å². The van der Waals surface area contributed by atoms with Crippen LogP contribution in [0, 0.1) is 12.8 Å². The van der Waals surface area contributed by atoms with Gasteiger partial charge in [0.2, 0.25) is 5.91 Å². The van der Waals surface area contributed by atoms with Crippen LogP contribution in [0.2, 0.25) is 10.0 Å². The number of hydrogen-bond donors (Lipinski definition) is 1. The van der Waals surface area contributed by atoms with Gasteiger partial charge in [-0.15, -0.1) is 0 Å². The third-order valence-electron chi connectivity index (χ3n) is 5.17. The number of benzene rings is 1. The van der Waals surface area contributed by atoms with E-state index in [0.29, 0.717) is 21.4 Å². The summed E-state index contributed by atoms with van der Waals surface area (Å²) in [4.78, 5) is 31.0. The molecule has 2 aromatic rings. The standard InChI is InChI=1S/C23H27Cl2N3O4/c1-13-10-26-9-8-15(13)20(18-17(31-5)7-6-16(24)19(18)25)27-21(29)14-11-28(12-14)22(30)32-23(2,3)4/h6-10,14,20H,11-12H2,1-5H3,(H,27,29). The van der Waals surface area contributed by atoms with E-state index in [-0.39, 0.29) is 24.9 Å². The Morgan fingerprint density at radius 1 is 1.22 bits per heavy atom. The van der Waals surface area contributed by atoms with Crippen LogP contribution in [0.1, 0.15) is 43.5 Å².